The largest absolute Gasteiger partial charge is 0.384 e. The Morgan fingerprint density at radius 2 is 1.62 bits per heavy atom. The quantitative estimate of drug-likeness (QED) is 0.841. The van der Waals surface area contributed by atoms with E-state index < -0.39 is 18.1 Å². The number of aliphatic hydroxyl groups is 1. The summed E-state index contributed by atoms with van der Waals surface area (Å²) in [7, 11) is 1.50. The Hall–Kier alpha value is -2.37. The normalized spacial score (nSPS) is 13.0. The Labute approximate surface area is 158 Å². The zero-order valence-corrected chi connectivity index (χ0v) is 16.0. The minimum absolute atomic E-state index is 0.360. The van der Waals surface area contributed by atoms with Gasteiger partial charge in [0.25, 0.3) is 11.8 Å². The highest BCUT2D eigenvalue weighted by molar-refractivity contribution is 6.30. The molecule has 2 N–H and O–H groups in total. The van der Waals surface area contributed by atoms with Crippen LogP contribution >= 0.6 is 11.6 Å². The zero-order chi connectivity index (χ0) is 19.4. The molecule has 0 spiro atoms. The van der Waals surface area contributed by atoms with Crippen molar-refractivity contribution < 1.29 is 14.7 Å². The van der Waals surface area contributed by atoms with E-state index in [0.717, 1.165) is 11.1 Å². The maximum absolute atomic E-state index is 13.1. The number of anilines is 1. The van der Waals surface area contributed by atoms with E-state index in [4.69, 9.17) is 11.6 Å². The molecule has 6 heteroatoms. The molecule has 2 aromatic carbocycles. The minimum atomic E-state index is -1.21. The third kappa shape index (κ3) is 4.42. The summed E-state index contributed by atoms with van der Waals surface area (Å²) in [6.45, 7) is 5.19. The van der Waals surface area contributed by atoms with Gasteiger partial charge in [0.1, 0.15) is 12.1 Å². The summed E-state index contributed by atoms with van der Waals surface area (Å²) in [5.74, 6) is -0.900. The van der Waals surface area contributed by atoms with Crippen molar-refractivity contribution in [3.8, 4) is 0 Å². The Balaban J connectivity index is 2.41. The smallest absolute Gasteiger partial charge is 0.251 e. The maximum Gasteiger partial charge on any atom is 0.251 e. The van der Waals surface area contributed by atoms with Crippen LogP contribution in [0.25, 0.3) is 0 Å². The molecule has 2 rings (SSSR count). The lowest BCUT2D eigenvalue weighted by atomic mass is 10.0. The number of hydrogen-bond donors (Lipinski definition) is 2. The molecule has 0 bridgehead atoms. The lowest BCUT2D eigenvalue weighted by molar-refractivity contribution is -0.143. The van der Waals surface area contributed by atoms with E-state index >= 15 is 0 Å². The van der Waals surface area contributed by atoms with Gasteiger partial charge in [-0.05, 0) is 49.6 Å². The molecule has 0 heterocycles. The molecule has 2 aromatic rings. The lowest BCUT2D eigenvalue weighted by Crippen LogP contribution is -2.42. The van der Waals surface area contributed by atoms with Gasteiger partial charge in [0.15, 0.2) is 0 Å². The summed E-state index contributed by atoms with van der Waals surface area (Å²) in [5, 5.41) is 13.1. The molecule has 0 saturated heterocycles. The second kappa shape index (κ2) is 8.34. The summed E-state index contributed by atoms with van der Waals surface area (Å²) in [6.07, 6.45) is -1.21. The summed E-state index contributed by atoms with van der Waals surface area (Å²) in [4.78, 5) is 26.6. The Bertz CT molecular complexity index is 783. The number of nitrogens with zero attached hydrogens (tertiary/aromatic N) is 1. The molecule has 138 valence electrons. The second-order valence-corrected chi connectivity index (χ2v) is 6.77. The number of benzene rings is 2. The van der Waals surface area contributed by atoms with Crippen molar-refractivity contribution in [2.45, 2.75) is 32.9 Å². The van der Waals surface area contributed by atoms with Gasteiger partial charge >= 0.3 is 0 Å². The predicted octanol–water partition coefficient (Wildman–Crippen LogP) is 3.48. The second-order valence-electron chi connectivity index (χ2n) is 6.34. The molecule has 26 heavy (non-hydrogen) atoms. The fourth-order valence-electron chi connectivity index (χ4n) is 2.82. The van der Waals surface area contributed by atoms with Crippen molar-refractivity contribution in [2.75, 3.05) is 12.4 Å². The average molecular weight is 375 g/mol. The van der Waals surface area contributed by atoms with Crippen LogP contribution in [0.5, 0.6) is 0 Å². The SMILES string of the molecule is Cc1cccc(C)c1NC(=O)C(c1ccc(Cl)cc1)N(C)C(=O)C(C)O. The molecule has 5 nitrogen and oxygen atoms in total. The van der Waals surface area contributed by atoms with E-state index in [1.165, 1.54) is 18.9 Å². The van der Waals surface area contributed by atoms with Gasteiger partial charge in [0.2, 0.25) is 0 Å². The van der Waals surface area contributed by atoms with Gasteiger partial charge in [0, 0.05) is 17.8 Å². The fraction of sp³-hybridized carbons (Fsp3) is 0.300. The van der Waals surface area contributed by atoms with Crippen LogP contribution in [0.2, 0.25) is 5.02 Å². The molecule has 2 amide bonds. The Kier molecular flexibility index (Phi) is 6.40. The van der Waals surface area contributed by atoms with E-state index in [9.17, 15) is 14.7 Å². The van der Waals surface area contributed by atoms with Crippen LogP contribution in [0.15, 0.2) is 42.5 Å². The first-order valence-corrected chi connectivity index (χ1v) is 8.67. The first-order valence-electron chi connectivity index (χ1n) is 8.29. The molecule has 0 aromatic heterocycles. The third-order valence-corrected chi connectivity index (χ3v) is 4.51. The number of carbonyl (C=O) groups is 2. The zero-order valence-electron chi connectivity index (χ0n) is 15.3. The molecule has 0 aliphatic carbocycles. The maximum atomic E-state index is 13.1. The van der Waals surface area contributed by atoms with E-state index in [1.54, 1.807) is 24.3 Å². The van der Waals surface area contributed by atoms with Crippen molar-refractivity contribution in [1.29, 1.82) is 0 Å². The number of carbonyl (C=O) groups excluding carboxylic acids is 2. The van der Waals surface area contributed by atoms with Crippen LogP contribution in [0.3, 0.4) is 0 Å². The molecular formula is C20H23ClN2O3. The van der Waals surface area contributed by atoms with Crippen molar-refractivity contribution in [3.05, 3.63) is 64.2 Å². The van der Waals surface area contributed by atoms with Gasteiger partial charge in [-0.15, -0.1) is 0 Å². The number of hydrogen-bond acceptors (Lipinski definition) is 3. The highest BCUT2D eigenvalue weighted by Crippen LogP contribution is 2.26. The van der Waals surface area contributed by atoms with Gasteiger partial charge in [0.05, 0.1) is 0 Å². The van der Waals surface area contributed by atoms with Crippen molar-refractivity contribution in [3.63, 3.8) is 0 Å². The van der Waals surface area contributed by atoms with E-state index in [1.807, 2.05) is 32.0 Å². The molecule has 0 radical (unpaired) electrons. The highest BCUT2D eigenvalue weighted by atomic mass is 35.5. The third-order valence-electron chi connectivity index (χ3n) is 4.26. The first kappa shape index (κ1) is 19.9. The first-order chi connectivity index (χ1) is 12.2. The van der Waals surface area contributed by atoms with E-state index in [0.29, 0.717) is 16.3 Å². The van der Waals surface area contributed by atoms with Gasteiger partial charge in [-0.2, -0.15) is 0 Å². The fourth-order valence-corrected chi connectivity index (χ4v) is 2.95. The van der Waals surface area contributed by atoms with Crippen molar-refractivity contribution in [1.82, 2.24) is 4.90 Å². The molecular weight excluding hydrogens is 352 g/mol. The summed E-state index contributed by atoms with van der Waals surface area (Å²) < 4.78 is 0. The molecule has 0 saturated carbocycles. The Morgan fingerprint density at radius 3 is 2.12 bits per heavy atom. The van der Waals surface area contributed by atoms with Gasteiger partial charge < -0.3 is 15.3 Å². The van der Waals surface area contributed by atoms with E-state index in [-0.39, 0.29) is 5.91 Å². The molecule has 0 aliphatic heterocycles. The van der Waals surface area contributed by atoms with Crippen LogP contribution in [0.4, 0.5) is 5.69 Å². The minimum Gasteiger partial charge on any atom is -0.384 e. The number of nitrogens with one attached hydrogen (secondary N) is 1. The number of aryl methyl sites for hydroxylation is 2. The van der Waals surface area contributed by atoms with Crippen molar-refractivity contribution >= 4 is 29.1 Å². The standard InChI is InChI=1S/C20H23ClN2O3/c1-12-6-5-7-13(2)17(12)22-19(25)18(23(4)20(26)14(3)24)15-8-10-16(21)11-9-15/h5-11,14,18,24H,1-4H3,(H,22,25). The van der Waals surface area contributed by atoms with E-state index in [2.05, 4.69) is 5.32 Å². The molecule has 2 atom stereocenters. The Morgan fingerprint density at radius 1 is 1.08 bits per heavy atom. The predicted molar refractivity (Wildman–Crippen MR) is 103 cm³/mol. The van der Waals surface area contributed by atoms with Crippen LogP contribution < -0.4 is 5.32 Å². The monoisotopic (exact) mass is 374 g/mol. The number of aliphatic hydroxyl groups excluding tert-OH is 1. The number of likely N-dealkylation sites (N-methyl/N-ethyl adjacent to an activating group) is 1. The highest BCUT2D eigenvalue weighted by Gasteiger charge is 2.30. The van der Waals surface area contributed by atoms with Gasteiger partial charge in [-0.25, -0.2) is 0 Å². The topological polar surface area (TPSA) is 69.6 Å². The lowest BCUT2D eigenvalue weighted by Gasteiger charge is -2.29. The summed E-state index contributed by atoms with van der Waals surface area (Å²) >= 11 is 5.94. The van der Waals surface area contributed by atoms with Crippen molar-refractivity contribution in [2.24, 2.45) is 0 Å². The molecule has 0 aliphatic rings. The summed E-state index contributed by atoms with van der Waals surface area (Å²) in [5.41, 5.74) is 3.18. The average Bonchev–Trinajstić information content (AvgIpc) is 2.59. The number of para-hydroxylation sites is 1. The number of rotatable bonds is 5. The van der Waals surface area contributed by atoms with Crippen LogP contribution in [0, 0.1) is 13.8 Å². The van der Waals surface area contributed by atoms with Crippen LogP contribution in [-0.4, -0.2) is 35.0 Å². The van der Waals surface area contributed by atoms with Gasteiger partial charge in [-0.1, -0.05) is 41.9 Å². The number of halogens is 1. The van der Waals surface area contributed by atoms with Crippen LogP contribution in [-0.2, 0) is 9.59 Å². The van der Waals surface area contributed by atoms with Gasteiger partial charge in [-0.3, -0.25) is 9.59 Å². The molecule has 0 fully saturated rings. The summed E-state index contributed by atoms with van der Waals surface area (Å²) in [6, 6.07) is 11.6. The molecule has 2 unspecified atom stereocenters. The van der Waals surface area contributed by atoms with Crippen LogP contribution in [0.1, 0.15) is 29.7 Å². The number of amides is 2.